The van der Waals surface area contributed by atoms with E-state index in [4.69, 9.17) is 16.2 Å². The maximum absolute atomic E-state index is 11.0. The molecule has 0 radical (unpaired) electrons. The van der Waals surface area contributed by atoms with Gasteiger partial charge in [0.15, 0.2) is 12.2 Å². The minimum atomic E-state index is -0.383. The fraction of sp³-hybridized carbons (Fsp3) is 0.429. The molecule has 0 aliphatic rings. The first-order valence-electron chi connectivity index (χ1n) is 6.91. The summed E-state index contributed by atoms with van der Waals surface area (Å²) in [6.45, 7) is 4.71. The van der Waals surface area contributed by atoms with Gasteiger partial charge in [-0.2, -0.15) is 4.57 Å². The first-order valence-corrected chi connectivity index (χ1v) is 7.79. The highest BCUT2D eigenvalue weighted by Gasteiger charge is 2.17. The molecule has 0 spiro atoms. The van der Waals surface area contributed by atoms with Gasteiger partial charge in [0.1, 0.15) is 11.6 Å². The Bertz CT molecular complexity index is 677. The molecule has 126 valence electrons. The Kier molecular flexibility index (Phi) is 7.34. The maximum atomic E-state index is 11.0. The normalized spacial score (nSPS) is 10.2. The molecule has 23 heavy (non-hydrogen) atoms. The molecule has 7 nitrogen and oxygen atoms in total. The molecule has 2 rings (SSSR count). The molecular weight excluding hydrogens is 338 g/mol. The molecule has 0 aromatic carbocycles. The topological polar surface area (TPSA) is 108 Å². The second-order valence-corrected chi connectivity index (χ2v) is 5.80. The molecule has 2 aromatic heterocycles. The van der Waals surface area contributed by atoms with Gasteiger partial charge in [-0.3, -0.25) is 4.79 Å². The molecule has 4 N–H and O–H groups in total. The quantitative estimate of drug-likeness (QED) is 0.425. The molecule has 0 atom stereocenters. The van der Waals surface area contributed by atoms with Gasteiger partial charge in [0.25, 0.3) is 0 Å². The molecule has 0 bridgehead atoms. The van der Waals surface area contributed by atoms with Gasteiger partial charge in [-0.1, -0.05) is 11.3 Å². The van der Waals surface area contributed by atoms with Crippen LogP contribution in [-0.4, -0.2) is 29.1 Å². The number of carbonyl (C=O) groups is 1. The Hall–Kier alpha value is -1.77. The summed E-state index contributed by atoms with van der Waals surface area (Å²) in [5, 5.41) is 0. The zero-order valence-corrected chi connectivity index (χ0v) is 14.7. The Balaban J connectivity index is 0.00000264. The summed E-state index contributed by atoms with van der Waals surface area (Å²) in [5.41, 5.74) is 15.1. The molecule has 0 saturated carbocycles. The van der Waals surface area contributed by atoms with Crippen molar-refractivity contribution < 1.29 is 26.5 Å². The SMILES string of the molecule is Cc1ncc(C[n+]2csc(CCOC(=O)CN)c2C)c(N)n1.[Cl-]. The average molecular weight is 358 g/mol. The Labute approximate surface area is 145 Å². The van der Waals surface area contributed by atoms with Crippen LogP contribution in [0.2, 0.25) is 0 Å². The third kappa shape index (κ3) is 5.12. The number of nitrogens with zero attached hydrogens (tertiary/aromatic N) is 3. The number of thiazole rings is 1. The lowest BCUT2D eigenvalue weighted by Crippen LogP contribution is -3.00. The van der Waals surface area contributed by atoms with E-state index >= 15 is 0 Å². The molecule has 0 aliphatic carbocycles. The molecule has 9 heteroatoms. The van der Waals surface area contributed by atoms with Crippen molar-refractivity contribution >= 4 is 23.1 Å². The van der Waals surface area contributed by atoms with E-state index in [2.05, 4.69) is 14.5 Å². The summed E-state index contributed by atoms with van der Waals surface area (Å²) in [4.78, 5) is 20.5. The summed E-state index contributed by atoms with van der Waals surface area (Å²) in [7, 11) is 0. The molecule has 0 unspecified atom stereocenters. The fourth-order valence-electron chi connectivity index (χ4n) is 1.98. The molecule has 2 heterocycles. The van der Waals surface area contributed by atoms with Gasteiger partial charge in [-0.25, -0.2) is 9.97 Å². The van der Waals surface area contributed by atoms with E-state index in [1.165, 1.54) is 0 Å². The number of aromatic nitrogens is 3. The van der Waals surface area contributed by atoms with Gasteiger partial charge in [-0.05, 0) is 6.92 Å². The summed E-state index contributed by atoms with van der Waals surface area (Å²) >= 11 is 1.62. The van der Waals surface area contributed by atoms with Gasteiger partial charge in [-0.15, -0.1) is 0 Å². The first kappa shape index (κ1) is 19.3. The highest BCUT2D eigenvalue weighted by atomic mass is 35.5. The molecule has 0 saturated heterocycles. The van der Waals surface area contributed by atoms with E-state index in [1.807, 2.05) is 19.4 Å². The van der Waals surface area contributed by atoms with Crippen molar-refractivity contribution in [3.8, 4) is 0 Å². The number of nitrogens with two attached hydrogens (primary N) is 2. The largest absolute Gasteiger partial charge is 1.00 e. The van der Waals surface area contributed by atoms with Crippen LogP contribution in [0.3, 0.4) is 0 Å². The minimum absolute atomic E-state index is 0. The smallest absolute Gasteiger partial charge is 0.319 e. The summed E-state index contributed by atoms with van der Waals surface area (Å²) < 4.78 is 7.10. The van der Waals surface area contributed by atoms with Gasteiger partial charge in [0, 0.05) is 19.5 Å². The van der Waals surface area contributed by atoms with Crippen LogP contribution >= 0.6 is 11.3 Å². The Morgan fingerprint density at radius 1 is 1.43 bits per heavy atom. The highest BCUT2D eigenvalue weighted by Crippen LogP contribution is 2.14. The van der Waals surface area contributed by atoms with Gasteiger partial charge < -0.3 is 28.6 Å². The third-order valence-corrected chi connectivity index (χ3v) is 4.42. The predicted octanol–water partition coefficient (Wildman–Crippen LogP) is -2.88. The molecular formula is C14H20ClN5O2S. The number of hydrogen-bond donors (Lipinski definition) is 2. The average Bonchev–Trinajstić information content (AvgIpc) is 2.83. The lowest BCUT2D eigenvalue weighted by Gasteiger charge is -2.03. The van der Waals surface area contributed by atoms with Gasteiger partial charge >= 0.3 is 5.97 Å². The number of rotatable bonds is 6. The second-order valence-electron chi connectivity index (χ2n) is 4.86. The van der Waals surface area contributed by atoms with Crippen molar-refractivity contribution in [1.29, 1.82) is 0 Å². The number of aryl methyl sites for hydroxylation is 1. The van der Waals surface area contributed by atoms with Crippen molar-refractivity contribution in [3.63, 3.8) is 0 Å². The lowest BCUT2D eigenvalue weighted by atomic mass is 10.2. The number of nitrogen functional groups attached to an aromatic ring is 1. The lowest BCUT2D eigenvalue weighted by molar-refractivity contribution is -0.689. The van der Waals surface area contributed by atoms with Crippen LogP contribution < -0.4 is 28.4 Å². The zero-order chi connectivity index (χ0) is 16.1. The van der Waals surface area contributed by atoms with E-state index in [-0.39, 0.29) is 24.9 Å². The number of carbonyl (C=O) groups excluding carboxylic acids is 1. The van der Waals surface area contributed by atoms with Crippen molar-refractivity contribution in [2.75, 3.05) is 18.9 Å². The van der Waals surface area contributed by atoms with Crippen molar-refractivity contribution in [3.05, 3.63) is 33.7 Å². The minimum Gasteiger partial charge on any atom is -1.00 e. The highest BCUT2D eigenvalue weighted by molar-refractivity contribution is 7.09. The number of hydrogen-bond acceptors (Lipinski definition) is 7. The zero-order valence-electron chi connectivity index (χ0n) is 13.1. The number of anilines is 1. The van der Waals surface area contributed by atoms with Crippen LogP contribution in [0.15, 0.2) is 11.7 Å². The number of halogens is 1. The molecule has 0 fully saturated rings. The van der Waals surface area contributed by atoms with Crippen molar-refractivity contribution in [2.24, 2.45) is 5.73 Å². The third-order valence-electron chi connectivity index (χ3n) is 3.27. The van der Waals surface area contributed by atoms with Crippen LogP contribution in [0, 0.1) is 13.8 Å². The maximum Gasteiger partial charge on any atom is 0.319 e. The van der Waals surface area contributed by atoms with E-state index < -0.39 is 0 Å². The Morgan fingerprint density at radius 3 is 2.83 bits per heavy atom. The number of ether oxygens (including phenoxy) is 1. The first-order chi connectivity index (χ1) is 10.5. The van der Waals surface area contributed by atoms with E-state index in [9.17, 15) is 4.79 Å². The summed E-state index contributed by atoms with van der Waals surface area (Å²) in [6.07, 6.45) is 2.43. The van der Waals surface area contributed by atoms with E-state index in [1.54, 1.807) is 17.5 Å². The van der Waals surface area contributed by atoms with Crippen LogP contribution in [0.25, 0.3) is 0 Å². The Morgan fingerprint density at radius 2 is 2.17 bits per heavy atom. The van der Waals surface area contributed by atoms with Crippen LogP contribution in [0.5, 0.6) is 0 Å². The van der Waals surface area contributed by atoms with Gasteiger partial charge in [0.2, 0.25) is 5.51 Å². The fourth-order valence-corrected chi connectivity index (χ4v) is 2.96. The van der Waals surface area contributed by atoms with Crippen LogP contribution in [0.4, 0.5) is 5.82 Å². The number of esters is 1. The molecule has 0 aliphatic heterocycles. The summed E-state index contributed by atoms with van der Waals surface area (Å²) in [5.74, 6) is 0.784. The van der Waals surface area contributed by atoms with Crippen molar-refractivity contribution in [2.45, 2.75) is 26.8 Å². The standard InChI is InChI=1S/C14H20N5O2S.ClH/c1-9-12(3-4-21-13(20)5-15)22-8-19(9)7-11-6-17-10(2)18-14(11)16;/h6,8H,3-5,7,15H2,1-2H3,(H2,16,17,18);1H/q+1;/p-1. The van der Waals surface area contributed by atoms with Gasteiger partial charge in [0.05, 0.1) is 23.6 Å². The monoisotopic (exact) mass is 357 g/mol. The predicted molar refractivity (Wildman–Crippen MR) is 83.3 cm³/mol. The van der Waals surface area contributed by atoms with E-state index in [0.717, 1.165) is 16.1 Å². The second kappa shape index (κ2) is 8.76. The van der Waals surface area contributed by atoms with Crippen LogP contribution in [-0.2, 0) is 22.5 Å². The molecule has 0 amide bonds. The summed E-state index contributed by atoms with van der Waals surface area (Å²) in [6, 6.07) is 0. The molecule has 2 aromatic rings. The van der Waals surface area contributed by atoms with Crippen LogP contribution in [0.1, 0.15) is 22.0 Å². The van der Waals surface area contributed by atoms with Crippen molar-refractivity contribution in [1.82, 2.24) is 9.97 Å². The van der Waals surface area contributed by atoms with E-state index in [0.29, 0.717) is 31.2 Å².